The van der Waals surface area contributed by atoms with Crippen molar-refractivity contribution in [3.05, 3.63) is 23.3 Å². The first-order valence-electron chi connectivity index (χ1n) is 9.30. The van der Waals surface area contributed by atoms with Crippen LogP contribution in [0.25, 0.3) is 0 Å². The third kappa shape index (κ3) is 3.72. The zero-order valence-corrected chi connectivity index (χ0v) is 16.0. The number of hydrogen-bond acceptors (Lipinski definition) is 5. The lowest BCUT2D eigenvalue weighted by Gasteiger charge is -2.47. The second-order valence-electron chi connectivity index (χ2n) is 7.53. The molecule has 7 nitrogen and oxygen atoms in total. The third-order valence-corrected chi connectivity index (χ3v) is 5.96. The smallest absolute Gasteiger partial charge is 0.272 e. The fourth-order valence-corrected chi connectivity index (χ4v) is 4.00. The molecule has 2 aliphatic heterocycles. The number of nitrogens with zero attached hydrogens (tertiary/aromatic N) is 4. The Hall–Kier alpha value is -2.02. The second-order valence-corrected chi connectivity index (χ2v) is 7.53. The molecular weight excluding hydrogens is 332 g/mol. The fourth-order valence-electron chi connectivity index (χ4n) is 4.00. The molecule has 2 fully saturated rings. The van der Waals surface area contributed by atoms with E-state index in [9.17, 15) is 9.59 Å². The van der Waals surface area contributed by atoms with Gasteiger partial charge in [-0.1, -0.05) is 0 Å². The Kier molecular flexibility index (Phi) is 5.55. The van der Waals surface area contributed by atoms with Gasteiger partial charge in [0.2, 0.25) is 5.91 Å². The summed E-state index contributed by atoms with van der Waals surface area (Å²) in [7, 11) is 1.66. The maximum Gasteiger partial charge on any atom is 0.272 e. The van der Waals surface area contributed by atoms with E-state index in [0.29, 0.717) is 38.4 Å². The summed E-state index contributed by atoms with van der Waals surface area (Å²) >= 11 is 0. The summed E-state index contributed by atoms with van der Waals surface area (Å²) in [5.74, 6) is 0.212. The summed E-state index contributed by atoms with van der Waals surface area (Å²) < 4.78 is 5.13. The molecule has 0 bridgehead atoms. The van der Waals surface area contributed by atoms with Gasteiger partial charge in [0.1, 0.15) is 12.0 Å². The highest BCUT2D eigenvalue weighted by Gasteiger charge is 2.41. The molecule has 2 aliphatic rings. The van der Waals surface area contributed by atoms with Crippen LogP contribution in [0.2, 0.25) is 0 Å². The van der Waals surface area contributed by atoms with Gasteiger partial charge in [0, 0.05) is 51.0 Å². The topological polar surface area (TPSA) is 75.6 Å². The summed E-state index contributed by atoms with van der Waals surface area (Å²) in [6.45, 7) is 7.23. The first kappa shape index (κ1) is 18.8. The van der Waals surface area contributed by atoms with Gasteiger partial charge in [-0.3, -0.25) is 9.59 Å². The molecule has 0 aliphatic carbocycles. The summed E-state index contributed by atoms with van der Waals surface area (Å²) in [4.78, 5) is 37.2. The molecule has 0 radical (unpaired) electrons. The quantitative estimate of drug-likeness (QED) is 0.815. The van der Waals surface area contributed by atoms with Crippen molar-refractivity contribution >= 4 is 11.8 Å². The van der Waals surface area contributed by atoms with Crippen LogP contribution in [0, 0.1) is 19.3 Å². The lowest BCUT2D eigenvalue weighted by molar-refractivity contribution is -0.139. The predicted molar refractivity (Wildman–Crippen MR) is 96.8 cm³/mol. The van der Waals surface area contributed by atoms with Gasteiger partial charge in [-0.05, 0) is 38.5 Å². The number of hydrogen-bond donors (Lipinski definition) is 0. The number of ether oxygens (including phenoxy) is 1. The zero-order chi connectivity index (χ0) is 18.7. The molecule has 1 aromatic heterocycles. The van der Waals surface area contributed by atoms with E-state index in [-0.39, 0.29) is 17.2 Å². The van der Waals surface area contributed by atoms with E-state index in [2.05, 4.69) is 9.97 Å². The van der Waals surface area contributed by atoms with Crippen LogP contribution >= 0.6 is 0 Å². The van der Waals surface area contributed by atoms with Crippen LogP contribution < -0.4 is 0 Å². The van der Waals surface area contributed by atoms with Gasteiger partial charge in [-0.15, -0.1) is 0 Å². The summed E-state index contributed by atoms with van der Waals surface area (Å²) in [6.07, 6.45) is 4.84. The first-order valence-corrected chi connectivity index (χ1v) is 9.30. The van der Waals surface area contributed by atoms with Crippen LogP contribution in [0.5, 0.6) is 0 Å². The van der Waals surface area contributed by atoms with Crippen molar-refractivity contribution in [2.45, 2.75) is 39.5 Å². The standard InChI is InChI=1S/C19H28N4O3/c1-14-15(2)20-13-21-17(14)18(25)22-8-6-19(7-9-22)5-4-16(24)23(12-19)10-11-26-3/h13H,4-12H2,1-3H3. The van der Waals surface area contributed by atoms with E-state index >= 15 is 0 Å². The van der Waals surface area contributed by atoms with Crippen molar-refractivity contribution in [3.63, 3.8) is 0 Å². The fraction of sp³-hybridized carbons (Fsp3) is 0.684. The molecule has 142 valence electrons. The average Bonchev–Trinajstić information content (AvgIpc) is 2.65. The van der Waals surface area contributed by atoms with Gasteiger partial charge < -0.3 is 14.5 Å². The van der Waals surface area contributed by atoms with Crippen LogP contribution in [0.4, 0.5) is 0 Å². The largest absolute Gasteiger partial charge is 0.383 e. The number of piperidine rings is 2. The molecule has 1 aromatic rings. The number of methoxy groups -OCH3 is 1. The van der Waals surface area contributed by atoms with Crippen molar-refractivity contribution in [2.75, 3.05) is 39.9 Å². The van der Waals surface area contributed by atoms with E-state index in [1.165, 1.54) is 6.33 Å². The van der Waals surface area contributed by atoms with Gasteiger partial charge in [-0.2, -0.15) is 0 Å². The van der Waals surface area contributed by atoms with E-state index in [0.717, 1.165) is 37.1 Å². The number of amides is 2. The van der Waals surface area contributed by atoms with Crippen LogP contribution in [0.3, 0.4) is 0 Å². The van der Waals surface area contributed by atoms with Gasteiger partial charge >= 0.3 is 0 Å². The molecule has 1 spiro atoms. The second kappa shape index (κ2) is 7.70. The number of likely N-dealkylation sites (tertiary alicyclic amines) is 2. The highest BCUT2D eigenvalue weighted by Crippen LogP contribution is 2.40. The van der Waals surface area contributed by atoms with Gasteiger partial charge in [0.15, 0.2) is 0 Å². The minimum atomic E-state index is -0.00836. The highest BCUT2D eigenvalue weighted by molar-refractivity contribution is 5.93. The van der Waals surface area contributed by atoms with Crippen molar-refractivity contribution in [2.24, 2.45) is 5.41 Å². The average molecular weight is 360 g/mol. The van der Waals surface area contributed by atoms with E-state index < -0.39 is 0 Å². The molecule has 0 unspecified atom stereocenters. The zero-order valence-electron chi connectivity index (χ0n) is 16.0. The number of aromatic nitrogens is 2. The molecule has 7 heteroatoms. The minimum Gasteiger partial charge on any atom is -0.383 e. The Morgan fingerprint density at radius 1 is 1.23 bits per heavy atom. The molecule has 0 saturated carbocycles. The lowest BCUT2D eigenvalue weighted by Crippen LogP contribution is -2.53. The first-order chi connectivity index (χ1) is 12.5. The Bertz CT molecular complexity index is 683. The maximum absolute atomic E-state index is 12.9. The molecule has 0 N–H and O–H groups in total. The number of aryl methyl sites for hydroxylation is 1. The number of rotatable bonds is 4. The monoisotopic (exact) mass is 360 g/mol. The molecule has 0 aromatic carbocycles. The molecule has 2 saturated heterocycles. The SMILES string of the molecule is COCCN1CC2(CCC1=O)CCN(C(=O)c1ncnc(C)c1C)CC2. The maximum atomic E-state index is 12.9. The number of carbonyl (C=O) groups excluding carboxylic acids is 2. The lowest BCUT2D eigenvalue weighted by atomic mass is 9.72. The normalized spacial score (nSPS) is 19.9. The molecule has 3 rings (SSSR count). The van der Waals surface area contributed by atoms with E-state index in [1.54, 1.807) is 7.11 Å². The van der Waals surface area contributed by atoms with Gasteiger partial charge in [-0.25, -0.2) is 9.97 Å². The van der Waals surface area contributed by atoms with Crippen LogP contribution in [0.15, 0.2) is 6.33 Å². The van der Waals surface area contributed by atoms with E-state index in [1.807, 2.05) is 23.6 Å². The molecular formula is C19H28N4O3. The summed E-state index contributed by atoms with van der Waals surface area (Å²) in [6, 6.07) is 0. The highest BCUT2D eigenvalue weighted by atomic mass is 16.5. The summed E-state index contributed by atoms with van der Waals surface area (Å²) in [5, 5.41) is 0. The van der Waals surface area contributed by atoms with Crippen molar-refractivity contribution in [3.8, 4) is 0 Å². The molecule has 0 atom stereocenters. The Balaban J connectivity index is 1.64. The van der Waals surface area contributed by atoms with Gasteiger partial charge in [0.05, 0.1) is 6.61 Å². The van der Waals surface area contributed by atoms with Crippen molar-refractivity contribution in [1.29, 1.82) is 0 Å². The third-order valence-electron chi connectivity index (χ3n) is 5.96. The Morgan fingerprint density at radius 3 is 2.65 bits per heavy atom. The molecule has 2 amide bonds. The van der Waals surface area contributed by atoms with E-state index in [4.69, 9.17) is 4.74 Å². The van der Waals surface area contributed by atoms with Crippen LogP contribution in [0.1, 0.15) is 47.4 Å². The Morgan fingerprint density at radius 2 is 1.96 bits per heavy atom. The minimum absolute atomic E-state index is 0.00836. The van der Waals surface area contributed by atoms with Crippen LogP contribution in [-0.2, 0) is 9.53 Å². The summed E-state index contributed by atoms with van der Waals surface area (Å²) in [5.41, 5.74) is 2.34. The van der Waals surface area contributed by atoms with Crippen molar-refractivity contribution < 1.29 is 14.3 Å². The number of carbonyl (C=O) groups is 2. The molecule has 3 heterocycles. The van der Waals surface area contributed by atoms with Crippen LogP contribution in [-0.4, -0.2) is 71.5 Å². The van der Waals surface area contributed by atoms with Gasteiger partial charge in [0.25, 0.3) is 5.91 Å². The molecule has 26 heavy (non-hydrogen) atoms. The Labute approximate surface area is 154 Å². The van der Waals surface area contributed by atoms with Crippen molar-refractivity contribution in [1.82, 2.24) is 19.8 Å². The predicted octanol–water partition coefficient (Wildman–Crippen LogP) is 1.58.